The third-order valence-corrected chi connectivity index (χ3v) is 2.24. The molecule has 0 amide bonds. The topological polar surface area (TPSA) is 52.4 Å². The molecule has 0 aliphatic rings. The summed E-state index contributed by atoms with van der Waals surface area (Å²) in [6.07, 6.45) is 0.870. The molecule has 0 aromatic heterocycles. The molecule has 76 valence electrons. The number of hydrogen-bond acceptors (Lipinski definition) is 3. The van der Waals surface area contributed by atoms with Gasteiger partial charge in [0.15, 0.2) is 0 Å². The molecule has 0 saturated carbocycles. The van der Waals surface area contributed by atoms with E-state index < -0.39 is 4.92 Å². The minimum Gasteiger partial charge on any atom is -0.492 e. The maximum atomic E-state index is 10.5. The first kappa shape index (κ1) is 11.0. The third kappa shape index (κ3) is 2.70. The van der Waals surface area contributed by atoms with Gasteiger partial charge in [-0.05, 0) is 28.4 Å². The van der Waals surface area contributed by atoms with Gasteiger partial charge in [-0.3, -0.25) is 10.1 Å². The Kier molecular flexibility index (Phi) is 3.88. The van der Waals surface area contributed by atoms with Gasteiger partial charge in [0.2, 0.25) is 0 Å². The summed E-state index contributed by atoms with van der Waals surface area (Å²) >= 11 is 3.26. The van der Waals surface area contributed by atoms with Crippen LogP contribution in [-0.2, 0) is 0 Å². The van der Waals surface area contributed by atoms with E-state index in [9.17, 15) is 10.1 Å². The van der Waals surface area contributed by atoms with E-state index in [4.69, 9.17) is 4.74 Å². The van der Waals surface area contributed by atoms with E-state index in [2.05, 4.69) is 15.9 Å². The molecule has 0 atom stereocenters. The maximum absolute atomic E-state index is 10.5. The summed E-state index contributed by atoms with van der Waals surface area (Å²) in [6.45, 7) is 2.53. The standard InChI is InChI=1S/C9H10BrNO3/c1-2-5-14-9-6-7(11(12)13)3-4-8(9)10/h3-4,6H,2,5H2,1H3. The van der Waals surface area contributed by atoms with Gasteiger partial charge in [-0.25, -0.2) is 0 Å². The van der Waals surface area contributed by atoms with Crippen LogP contribution in [0.3, 0.4) is 0 Å². The molecule has 0 saturated heterocycles. The predicted molar refractivity (Wildman–Crippen MR) is 56.6 cm³/mol. The minimum absolute atomic E-state index is 0.0410. The van der Waals surface area contributed by atoms with Crippen molar-refractivity contribution in [2.75, 3.05) is 6.61 Å². The lowest BCUT2D eigenvalue weighted by atomic mass is 10.3. The zero-order valence-corrected chi connectivity index (χ0v) is 9.28. The maximum Gasteiger partial charge on any atom is 0.273 e. The monoisotopic (exact) mass is 259 g/mol. The van der Waals surface area contributed by atoms with Crippen molar-refractivity contribution in [1.29, 1.82) is 0 Å². The number of nitro groups is 1. The fraction of sp³-hybridized carbons (Fsp3) is 0.333. The van der Waals surface area contributed by atoms with Crippen LogP contribution >= 0.6 is 15.9 Å². The Morgan fingerprint density at radius 3 is 2.86 bits per heavy atom. The molecule has 1 aromatic rings. The summed E-state index contributed by atoms with van der Waals surface area (Å²) in [5.41, 5.74) is 0.0410. The van der Waals surface area contributed by atoms with Gasteiger partial charge in [0, 0.05) is 6.07 Å². The van der Waals surface area contributed by atoms with E-state index in [-0.39, 0.29) is 5.69 Å². The molecule has 5 heteroatoms. The average molecular weight is 260 g/mol. The lowest BCUT2D eigenvalue weighted by Crippen LogP contribution is -1.97. The molecule has 0 unspecified atom stereocenters. The van der Waals surface area contributed by atoms with E-state index in [0.717, 1.165) is 10.9 Å². The first-order valence-corrected chi connectivity index (χ1v) is 5.01. The Hall–Kier alpha value is -1.10. The number of non-ortho nitro benzene ring substituents is 1. The molecule has 0 aliphatic carbocycles. The van der Waals surface area contributed by atoms with Crippen molar-refractivity contribution in [2.24, 2.45) is 0 Å². The second kappa shape index (κ2) is 4.95. The third-order valence-electron chi connectivity index (χ3n) is 1.59. The van der Waals surface area contributed by atoms with E-state index >= 15 is 0 Å². The van der Waals surface area contributed by atoms with Crippen LogP contribution in [-0.4, -0.2) is 11.5 Å². The van der Waals surface area contributed by atoms with Gasteiger partial charge < -0.3 is 4.74 Å². The van der Waals surface area contributed by atoms with Gasteiger partial charge in [0.05, 0.1) is 22.1 Å². The van der Waals surface area contributed by atoms with Crippen LogP contribution in [0.15, 0.2) is 22.7 Å². The Morgan fingerprint density at radius 1 is 1.57 bits per heavy atom. The summed E-state index contributed by atoms with van der Waals surface area (Å²) in [7, 11) is 0. The number of nitro benzene ring substituents is 1. The SMILES string of the molecule is CCCOc1cc([N+](=O)[O-])ccc1Br. The second-order valence-electron chi connectivity index (χ2n) is 2.72. The van der Waals surface area contributed by atoms with Crippen molar-refractivity contribution in [3.05, 3.63) is 32.8 Å². The van der Waals surface area contributed by atoms with Crippen LogP contribution in [0, 0.1) is 10.1 Å². The number of ether oxygens (including phenoxy) is 1. The fourth-order valence-corrected chi connectivity index (χ4v) is 1.29. The number of benzene rings is 1. The Bertz CT molecular complexity index is 341. The molecule has 0 spiro atoms. The quantitative estimate of drug-likeness (QED) is 0.617. The summed E-state index contributed by atoms with van der Waals surface area (Å²) in [6, 6.07) is 4.46. The van der Waals surface area contributed by atoms with Crippen molar-refractivity contribution in [3.63, 3.8) is 0 Å². The molecule has 0 heterocycles. The fourth-order valence-electron chi connectivity index (χ4n) is 0.928. The lowest BCUT2D eigenvalue weighted by Gasteiger charge is -2.05. The molecular weight excluding hydrogens is 250 g/mol. The molecule has 0 bridgehead atoms. The summed E-state index contributed by atoms with van der Waals surface area (Å²) < 4.78 is 6.06. The van der Waals surface area contributed by atoms with Gasteiger partial charge in [0.25, 0.3) is 5.69 Å². The first-order chi connectivity index (χ1) is 6.65. The molecule has 0 N–H and O–H groups in total. The van der Waals surface area contributed by atoms with E-state index in [1.54, 1.807) is 6.07 Å². The lowest BCUT2D eigenvalue weighted by molar-refractivity contribution is -0.385. The zero-order valence-electron chi connectivity index (χ0n) is 7.70. The molecule has 4 nitrogen and oxygen atoms in total. The van der Waals surface area contributed by atoms with Crippen molar-refractivity contribution in [3.8, 4) is 5.75 Å². The van der Waals surface area contributed by atoms with E-state index in [1.807, 2.05) is 6.92 Å². The van der Waals surface area contributed by atoms with Crippen LogP contribution in [0.1, 0.15) is 13.3 Å². The number of nitrogens with zero attached hydrogens (tertiary/aromatic N) is 1. The van der Waals surface area contributed by atoms with Crippen molar-refractivity contribution < 1.29 is 9.66 Å². The average Bonchev–Trinajstić information content (AvgIpc) is 2.16. The highest BCUT2D eigenvalue weighted by atomic mass is 79.9. The predicted octanol–water partition coefficient (Wildman–Crippen LogP) is 3.15. The molecule has 0 radical (unpaired) electrons. The van der Waals surface area contributed by atoms with Crippen LogP contribution in [0.5, 0.6) is 5.75 Å². The molecule has 0 aliphatic heterocycles. The first-order valence-electron chi connectivity index (χ1n) is 4.22. The number of halogens is 1. The van der Waals surface area contributed by atoms with Crippen molar-refractivity contribution >= 4 is 21.6 Å². The molecule has 0 fully saturated rings. The Labute approximate surface area is 90.2 Å². The van der Waals surface area contributed by atoms with Gasteiger partial charge in [-0.1, -0.05) is 6.92 Å². The molecule has 14 heavy (non-hydrogen) atoms. The second-order valence-corrected chi connectivity index (χ2v) is 3.57. The summed E-state index contributed by atoms with van der Waals surface area (Å²) in [4.78, 5) is 10.0. The van der Waals surface area contributed by atoms with Crippen LogP contribution in [0.4, 0.5) is 5.69 Å². The van der Waals surface area contributed by atoms with Gasteiger partial charge in [0.1, 0.15) is 5.75 Å². The van der Waals surface area contributed by atoms with Crippen molar-refractivity contribution in [2.45, 2.75) is 13.3 Å². The van der Waals surface area contributed by atoms with Gasteiger partial charge in [-0.15, -0.1) is 0 Å². The highest BCUT2D eigenvalue weighted by Gasteiger charge is 2.09. The number of hydrogen-bond donors (Lipinski definition) is 0. The number of rotatable bonds is 4. The highest BCUT2D eigenvalue weighted by Crippen LogP contribution is 2.29. The van der Waals surface area contributed by atoms with Crippen LogP contribution < -0.4 is 4.74 Å². The van der Waals surface area contributed by atoms with Gasteiger partial charge >= 0.3 is 0 Å². The normalized spacial score (nSPS) is 9.86. The Balaban J connectivity index is 2.90. The minimum atomic E-state index is -0.439. The molecule has 1 aromatic carbocycles. The molecule has 1 rings (SSSR count). The largest absolute Gasteiger partial charge is 0.492 e. The van der Waals surface area contributed by atoms with E-state index in [1.165, 1.54) is 12.1 Å². The summed E-state index contributed by atoms with van der Waals surface area (Å²) in [5.74, 6) is 0.515. The summed E-state index contributed by atoms with van der Waals surface area (Å²) in [5, 5.41) is 10.5. The van der Waals surface area contributed by atoms with Crippen LogP contribution in [0.25, 0.3) is 0 Å². The smallest absolute Gasteiger partial charge is 0.273 e. The molecular formula is C9H10BrNO3. The van der Waals surface area contributed by atoms with E-state index in [0.29, 0.717) is 12.4 Å². The zero-order chi connectivity index (χ0) is 10.6. The highest BCUT2D eigenvalue weighted by molar-refractivity contribution is 9.10. The Morgan fingerprint density at radius 2 is 2.29 bits per heavy atom. The van der Waals surface area contributed by atoms with Crippen LogP contribution in [0.2, 0.25) is 0 Å². The van der Waals surface area contributed by atoms with Gasteiger partial charge in [-0.2, -0.15) is 0 Å². The van der Waals surface area contributed by atoms with Crippen molar-refractivity contribution in [1.82, 2.24) is 0 Å².